The van der Waals surface area contributed by atoms with E-state index in [2.05, 4.69) is 34.6 Å². The summed E-state index contributed by atoms with van der Waals surface area (Å²) in [5.74, 6) is 0.858. The highest BCUT2D eigenvalue weighted by molar-refractivity contribution is 6.76. The van der Waals surface area contributed by atoms with Crippen LogP contribution in [-0.2, 0) is 9.22 Å². The summed E-state index contributed by atoms with van der Waals surface area (Å²) in [7, 11) is -1.77. The van der Waals surface area contributed by atoms with Crippen LogP contribution in [0.2, 0.25) is 17.1 Å². The van der Waals surface area contributed by atoms with Crippen molar-refractivity contribution in [1.29, 1.82) is 0 Å². The summed E-state index contributed by atoms with van der Waals surface area (Å²) in [5, 5.41) is 0. The number of Topliss-reactive ketones (excluding diaryl/α,β-unsaturated/α-hetero) is 1. The first-order chi connectivity index (χ1) is 9.33. The lowest BCUT2D eigenvalue weighted by Crippen LogP contribution is -2.53. The van der Waals surface area contributed by atoms with Gasteiger partial charge in [0.2, 0.25) is 0 Å². The average Bonchev–Trinajstić information content (AvgIpc) is 2.64. The molecule has 2 aliphatic rings. The Kier molecular flexibility index (Phi) is 4.60. The molecule has 114 valence electrons. The third kappa shape index (κ3) is 2.43. The molecule has 2 atom stereocenters. The second kappa shape index (κ2) is 5.76. The largest absolute Gasteiger partial charge is 0.410 e. The lowest BCUT2D eigenvalue weighted by Gasteiger charge is -2.48. The molecule has 2 rings (SSSR count). The Labute approximate surface area is 125 Å². The summed E-state index contributed by atoms with van der Waals surface area (Å²) in [4.78, 5) is 12.1. The molecule has 1 heterocycles. The van der Waals surface area contributed by atoms with Crippen molar-refractivity contribution in [3.8, 4) is 0 Å². The van der Waals surface area contributed by atoms with Gasteiger partial charge in [0.05, 0.1) is 6.10 Å². The maximum atomic E-state index is 12.1. The fourth-order valence-corrected chi connectivity index (χ4v) is 9.11. The molecule has 20 heavy (non-hydrogen) atoms. The van der Waals surface area contributed by atoms with E-state index < -0.39 is 8.32 Å². The van der Waals surface area contributed by atoms with E-state index >= 15 is 0 Å². The first kappa shape index (κ1) is 16.0. The van der Waals surface area contributed by atoms with Gasteiger partial charge in [0, 0.05) is 6.42 Å². The molecule has 1 aliphatic heterocycles. The zero-order chi connectivity index (χ0) is 15.1. The Balaban J connectivity index is 2.40. The Morgan fingerprint density at radius 2 is 1.85 bits per heavy atom. The van der Waals surface area contributed by atoms with Gasteiger partial charge in [0.15, 0.2) is 14.1 Å². The molecule has 0 aromatic heterocycles. The van der Waals surface area contributed by atoms with Crippen LogP contribution in [0, 0.1) is 5.92 Å². The fraction of sp³-hybridized carbons (Fsp3) is 0.824. The molecule has 2 nitrogen and oxygen atoms in total. The maximum Gasteiger partial charge on any atom is 0.199 e. The normalized spacial score (nSPS) is 29.5. The number of carbonyl (C=O) groups excluding carboxylic acids is 1. The van der Waals surface area contributed by atoms with Crippen LogP contribution in [0.4, 0.5) is 0 Å². The highest BCUT2D eigenvalue weighted by Gasteiger charge is 2.52. The third-order valence-corrected chi connectivity index (χ3v) is 11.3. The second-order valence-corrected chi connectivity index (χ2v) is 12.1. The van der Waals surface area contributed by atoms with Crippen molar-refractivity contribution in [3.63, 3.8) is 0 Å². The van der Waals surface area contributed by atoms with E-state index in [9.17, 15) is 4.79 Å². The molecule has 0 radical (unpaired) electrons. The summed E-state index contributed by atoms with van der Waals surface area (Å²) >= 11 is 0. The zero-order valence-corrected chi connectivity index (χ0v) is 15.0. The van der Waals surface area contributed by atoms with Crippen molar-refractivity contribution in [2.45, 2.75) is 84.0 Å². The molecule has 0 bridgehead atoms. The van der Waals surface area contributed by atoms with Crippen LogP contribution in [0.1, 0.15) is 60.8 Å². The number of allylic oxidation sites excluding steroid dienone is 1. The van der Waals surface area contributed by atoms with Crippen LogP contribution in [-0.4, -0.2) is 20.2 Å². The van der Waals surface area contributed by atoms with E-state index in [0.29, 0.717) is 22.8 Å². The van der Waals surface area contributed by atoms with Crippen molar-refractivity contribution >= 4 is 14.1 Å². The van der Waals surface area contributed by atoms with Crippen molar-refractivity contribution < 1.29 is 9.22 Å². The van der Waals surface area contributed by atoms with Gasteiger partial charge < -0.3 is 4.43 Å². The lowest BCUT2D eigenvalue weighted by molar-refractivity contribution is -0.115. The monoisotopic (exact) mass is 294 g/mol. The highest BCUT2D eigenvalue weighted by atomic mass is 28.4. The molecular weight excluding hydrogens is 264 g/mol. The molecule has 0 aromatic carbocycles. The molecule has 0 unspecified atom stereocenters. The number of hydrogen-bond donors (Lipinski definition) is 0. The maximum absolute atomic E-state index is 12.1. The van der Waals surface area contributed by atoms with Gasteiger partial charge in [-0.3, -0.25) is 4.79 Å². The minimum Gasteiger partial charge on any atom is -0.410 e. The number of hydrogen-bond acceptors (Lipinski definition) is 2. The number of fused-ring (bicyclic) bond motifs is 1. The van der Waals surface area contributed by atoms with Crippen LogP contribution < -0.4 is 0 Å². The van der Waals surface area contributed by atoms with E-state index in [1.807, 2.05) is 6.92 Å². The molecule has 0 saturated carbocycles. The van der Waals surface area contributed by atoms with Gasteiger partial charge in [-0.15, -0.1) is 0 Å². The minimum atomic E-state index is -1.77. The van der Waals surface area contributed by atoms with Crippen LogP contribution in [0.3, 0.4) is 0 Å². The van der Waals surface area contributed by atoms with Crippen molar-refractivity contribution in [1.82, 2.24) is 0 Å². The van der Waals surface area contributed by atoms with E-state index in [1.54, 1.807) is 0 Å². The van der Waals surface area contributed by atoms with Gasteiger partial charge in [0.1, 0.15) is 0 Å². The summed E-state index contributed by atoms with van der Waals surface area (Å²) in [6.07, 6.45) is 3.17. The first-order valence-electron chi connectivity index (χ1n) is 8.25. The predicted octanol–water partition coefficient (Wildman–Crippen LogP) is 4.86. The third-order valence-electron chi connectivity index (χ3n) is 5.50. The molecule has 0 amide bonds. The minimum absolute atomic E-state index is 0.224. The smallest absolute Gasteiger partial charge is 0.199 e. The molecule has 3 heteroatoms. The number of rotatable bonds is 4. The van der Waals surface area contributed by atoms with Gasteiger partial charge in [-0.1, -0.05) is 41.0 Å². The standard InChI is InChI=1S/C17H30O2Si/c1-7-8-16-17-13(6)15(18)9-14(17)10-20(19-16,11(2)3)12(4)5/h11-12,14,16H,7-10H2,1-6H3/t14-,16-/m0/s1. The summed E-state index contributed by atoms with van der Waals surface area (Å²) in [6, 6.07) is 1.15. The summed E-state index contributed by atoms with van der Waals surface area (Å²) < 4.78 is 6.80. The SMILES string of the molecule is CCC[C@@H]1O[Si](C(C)C)(C(C)C)C[C@@H]2CC(=O)C(C)=C21. The van der Waals surface area contributed by atoms with Crippen LogP contribution in [0.5, 0.6) is 0 Å². The zero-order valence-electron chi connectivity index (χ0n) is 14.0. The Morgan fingerprint density at radius 1 is 1.25 bits per heavy atom. The summed E-state index contributed by atoms with van der Waals surface area (Å²) in [5.41, 5.74) is 3.63. The van der Waals surface area contributed by atoms with E-state index in [4.69, 9.17) is 4.43 Å². The second-order valence-electron chi connectivity index (χ2n) is 7.27. The quantitative estimate of drug-likeness (QED) is 0.692. The van der Waals surface area contributed by atoms with E-state index in [0.717, 1.165) is 30.9 Å². The van der Waals surface area contributed by atoms with Crippen LogP contribution in [0.25, 0.3) is 0 Å². The first-order valence-corrected chi connectivity index (χ1v) is 10.5. The number of carbonyl (C=O) groups is 1. The molecule has 1 aliphatic carbocycles. The van der Waals surface area contributed by atoms with Gasteiger partial charge in [0.25, 0.3) is 0 Å². The van der Waals surface area contributed by atoms with E-state index in [-0.39, 0.29) is 6.10 Å². The topological polar surface area (TPSA) is 26.3 Å². The molecule has 0 spiro atoms. The average molecular weight is 295 g/mol. The molecule has 0 aromatic rings. The van der Waals surface area contributed by atoms with E-state index in [1.165, 1.54) is 5.57 Å². The molecule has 1 fully saturated rings. The Hall–Kier alpha value is -0.413. The molecular formula is C17H30O2Si. The lowest BCUT2D eigenvalue weighted by atomic mass is 9.94. The van der Waals surface area contributed by atoms with Crippen molar-refractivity contribution in [3.05, 3.63) is 11.1 Å². The van der Waals surface area contributed by atoms with Gasteiger partial charge >= 0.3 is 0 Å². The van der Waals surface area contributed by atoms with Crippen LogP contribution >= 0.6 is 0 Å². The Bertz CT molecular complexity index is 415. The predicted molar refractivity (Wildman–Crippen MR) is 86.4 cm³/mol. The van der Waals surface area contributed by atoms with Gasteiger partial charge in [-0.2, -0.15) is 0 Å². The van der Waals surface area contributed by atoms with Crippen molar-refractivity contribution in [2.75, 3.05) is 0 Å². The van der Waals surface area contributed by atoms with Crippen molar-refractivity contribution in [2.24, 2.45) is 5.92 Å². The molecule has 0 N–H and O–H groups in total. The molecule has 1 saturated heterocycles. The Morgan fingerprint density at radius 3 is 2.35 bits per heavy atom. The van der Waals surface area contributed by atoms with Crippen LogP contribution in [0.15, 0.2) is 11.1 Å². The van der Waals surface area contributed by atoms with Gasteiger partial charge in [-0.05, 0) is 47.5 Å². The van der Waals surface area contributed by atoms with Gasteiger partial charge in [-0.25, -0.2) is 0 Å². The fourth-order valence-electron chi connectivity index (χ4n) is 4.29. The summed E-state index contributed by atoms with van der Waals surface area (Å²) in [6.45, 7) is 13.5. The highest BCUT2D eigenvalue weighted by Crippen LogP contribution is 2.51. The number of ketones is 1.